The fourth-order valence-corrected chi connectivity index (χ4v) is 4.43. The van der Waals surface area contributed by atoms with Gasteiger partial charge in [-0.25, -0.2) is 26.5 Å². The van der Waals surface area contributed by atoms with E-state index in [-0.39, 0.29) is 15.9 Å². The number of halogens is 1. The predicted molar refractivity (Wildman–Crippen MR) is 123 cm³/mol. The lowest BCUT2D eigenvalue weighted by Gasteiger charge is -2.18. The van der Waals surface area contributed by atoms with Gasteiger partial charge >= 0.3 is 0 Å². The highest BCUT2D eigenvalue weighted by Crippen LogP contribution is 2.21. The molecule has 166 valence electrons. The Morgan fingerprint density at radius 3 is 1.74 bits per heavy atom. The summed E-state index contributed by atoms with van der Waals surface area (Å²) in [5.74, 6) is 0.285. The third-order valence-corrected chi connectivity index (χ3v) is 7.72. The van der Waals surface area contributed by atoms with Crippen molar-refractivity contribution in [2.24, 2.45) is 0 Å². The van der Waals surface area contributed by atoms with Gasteiger partial charge in [-0.05, 0) is 57.3 Å². The van der Waals surface area contributed by atoms with Crippen molar-refractivity contribution in [2.45, 2.75) is 23.6 Å². The van der Waals surface area contributed by atoms with Crippen LogP contribution in [0.3, 0.4) is 0 Å². The van der Waals surface area contributed by atoms with Crippen LogP contribution in [0.2, 0.25) is 5.15 Å². The van der Waals surface area contributed by atoms with Crippen molar-refractivity contribution in [3.8, 4) is 0 Å². The number of hydrogen-bond acceptors (Lipinski definition) is 5. The molecule has 0 amide bonds. The molecule has 0 fully saturated rings. The Morgan fingerprint density at radius 1 is 0.806 bits per heavy atom. The first kappa shape index (κ1) is 24.8. The summed E-state index contributed by atoms with van der Waals surface area (Å²) in [7, 11) is -4.03. The minimum Gasteiger partial charge on any atom is -0.253 e. The average molecular weight is 482 g/mol. The van der Waals surface area contributed by atoms with Crippen LogP contribution in [0.5, 0.6) is 0 Å². The molecule has 0 radical (unpaired) electrons. The van der Waals surface area contributed by atoms with Crippen molar-refractivity contribution in [1.82, 2.24) is 9.71 Å². The van der Waals surface area contributed by atoms with E-state index in [4.69, 9.17) is 11.6 Å². The second-order valence-corrected chi connectivity index (χ2v) is 10.9. The summed E-state index contributed by atoms with van der Waals surface area (Å²) in [6, 6.07) is 18.2. The first-order valence-corrected chi connectivity index (χ1v) is 12.5. The van der Waals surface area contributed by atoms with Crippen LogP contribution in [0.1, 0.15) is 11.1 Å². The number of aromatic nitrogens is 1. The van der Waals surface area contributed by atoms with Gasteiger partial charge in [-0.2, -0.15) is 0 Å². The third-order valence-electron chi connectivity index (χ3n) is 4.30. The van der Waals surface area contributed by atoms with Gasteiger partial charge in [0.05, 0.1) is 9.79 Å². The summed E-state index contributed by atoms with van der Waals surface area (Å²) in [6.45, 7) is 3.81. The van der Waals surface area contributed by atoms with Crippen LogP contribution in [-0.4, -0.2) is 35.9 Å². The van der Waals surface area contributed by atoms with Crippen molar-refractivity contribution in [2.75, 3.05) is 18.4 Å². The van der Waals surface area contributed by atoms with Gasteiger partial charge < -0.3 is 0 Å². The number of pyridine rings is 1. The molecule has 0 unspecified atom stereocenters. The standard InChI is InChI=1S/C13H13ClN2O2S.C8H11NO2S/c1-10-6-8-11(9-7-10)19(17,18)16(2)13-5-3-4-12(14)15-13;1-7-3-5-8(6-4-7)12(10,11)9-2/h3-9H,1-2H3;3-6,9H,1-2H3. The number of rotatable bonds is 5. The molecular formula is C21H24ClN3O4S2. The quantitative estimate of drug-likeness (QED) is 0.559. The lowest BCUT2D eigenvalue weighted by Crippen LogP contribution is -2.27. The topological polar surface area (TPSA) is 96.4 Å². The van der Waals surface area contributed by atoms with Gasteiger partial charge in [-0.3, -0.25) is 4.31 Å². The molecule has 0 atom stereocenters. The third kappa shape index (κ3) is 6.51. The fourth-order valence-electron chi connectivity index (χ4n) is 2.40. The van der Waals surface area contributed by atoms with Gasteiger partial charge in [-0.1, -0.05) is 53.1 Å². The number of anilines is 1. The highest BCUT2D eigenvalue weighted by atomic mass is 35.5. The van der Waals surface area contributed by atoms with E-state index in [2.05, 4.69) is 9.71 Å². The maximum atomic E-state index is 12.4. The molecule has 0 saturated carbocycles. The van der Waals surface area contributed by atoms with Crippen LogP contribution in [0, 0.1) is 13.8 Å². The smallest absolute Gasteiger partial charge is 0.253 e. The second-order valence-electron chi connectivity index (χ2n) is 6.62. The molecule has 0 bridgehead atoms. The predicted octanol–water partition coefficient (Wildman–Crippen LogP) is 3.77. The fraction of sp³-hybridized carbons (Fsp3) is 0.190. The number of nitrogens with zero attached hydrogens (tertiary/aromatic N) is 2. The SMILES string of the molecule is CNS(=O)(=O)c1ccc(C)cc1.Cc1ccc(S(=O)(=O)N(C)c2cccc(Cl)n2)cc1. The van der Waals surface area contributed by atoms with Gasteiger partial charge in [-0.15, -0.1) is 0 Å². The highest BCUT2D eigenvalue weighted by Gasteiger charge is 2.22. The zero-order valence-corrected chi connectivity index (χ0v) is 20.0. The Balaban J connectivity index is 0.000000245. The molecule has 7 nitrogen and oxygen atoms in total. The normalized spacial score (nSPS) is 11.4. The largest absolute Gasteiger partial charge is 0.265 e. The van der Waals surface area contributed by atoms with E-state index in [1.165, 1.54) is 14.1 Å². The summed E-state index contributed by atoms with van der Waals surface area (Å²) in [5, 5.41) is 0.253. The van der Waals surface area contributed by atoms with E-state index in [0.29, 0.717) is 4.90 Å². The number of sulfonamides is 2. The van der Waals surface area contributed by atoms with Crippen molar-refractivity contribution < 1.29 is 16.8 Å². The maximum absolute atomic E-state index is 12.4. The summed E-state index contributed by atoms with van der Waals surface area (Å²) in [4.78, 5) is 4.52. The summed E-state index contributed by atoms with van der Waals surface area (Å²) in [5.41, 5.74) is 2.05. The average Bonchev–Trinajstić information content (AvgIpc) is 2.74. The first-order chi connectivity index (χ1) is 14.5. The van der Waals surface area contributed by atoms with Gasteiger partial charge in [0.1, 0.15) is 11.0 Å². The van der Waals surface area contributed by atoms with Crippen LogP contribution in [0.25, 0.3) is 0 Å². The molecule has 0 aliphatic heterocycles. The van der Waals surface area contributed by atoms with Crippen LogP contribution in [-0.2, 0) is 20.0 Å². The number of benzene rings is 2. The van der Waals surface area contributed by atoms with E-state index >= 15 is 0 Å². The lowest BCUT2D eigenvalue weighted by atomic mass is 10.2. The van der Waals surface area contributed by atoms with Crippen LogP contribution < -0.4 is 9.03 Å². The minimum absolute atomic E-state index is 0.224. The Kier molecular flexibility index (Phi) is 8.19. The zero-order valence-electron chi connectivity index (χ0n) is 17.6. The first-order valence-electron chi connectivity index (χ1n) is 9.16. The molecule has 0 spiro atoms. The van der Waals surface area contributed by atoms with Crippen LogP contribution >= 0.6 is 11.6 Å². The second kappa shape index (κ2) is 10.2. The summed E-state index contributed by atoms with van der Waals surface area (Å²) in [6.07, 6.45) is 0. The van der Waals surface area contributed by atoms with Crippen molar-refractivity contribution >= 4 is 37.5 Å². The Bertz CT molecular complexity index is 1230. The molecule has 1 aromatic heterocycles. The maximum Gasteiger partial charge on any atom is 0.265 e. The van der Waals surface area contributed by atoms with Crippen molar-refractivity contribution in [1.29, 1.82) is 0 Å². The van der Waals surface area contributed by atoms with Gasteiger partial charge in [0, 0.05) is 7.05 Å². The Labute approximate surface area is 188 Å². The molecule has 0 aliphatic rings. The highest BCUT2D eigenvalue weighted by molar-refractivity contribution is 7.92. The molecule has 3 rings (SSSR count). The molecule has 0 saturated heterocycles. The molecule has 0 aliphatic carbocycles. The lowest BCUT2D eigenvalue weighted by molar-refractivity contribution is 0.588. The van der Waals surface area contributed by atoms with Gasteiger partial charge in [0.25, 0.3) is 10.0 Å². The van der Waals surface area contributed by atoms with E-state index in [1.54, 1.807) is 66.7 Å². The number of nitrogens with one attached hydrogen (secondary N) is 1. The van der Waals surface area contributed by atoms with E-state index in [0.717, 1.165) is 15.4 Å². The summed E-state index contributed by atoms with van der Waals surface area (Å²) >= 11 is 5.77. The van der Waals surface area contributed by atoms with E-state index < -0.39 is 20.0 Å². The molecule has 3 aromatic rings. The summed E-state index contributed by atoms with van der Waals surface area (Å²) < 4.78 is 50.6. The van der Waals surface area contributed by atoms with Crippen molar-refractivity contribution in [3.05, 3.63) is 83.0 Å². The minimum atomic E-state index is -3.61. The Hall–Kier alpha value is -2.46. The van der Waals surface area contributed by atoms with Crippen molar-refractivity contribution in [3.63, 3.8) is 0 Å². The van der Waals surface area contributed by atoms with Crippen LogP contribution in [0.15, 0.2) is 76.5 Å². The zero-order chi connectivity index (χ0) is 23.2. The Morgan fingerprint density at radius 2 is 1.29 bits per heavy atom. The number of hydrogen-bond donors (Lipinski definition) is 1. The molecule has 2 aromatic carbocycles. The molecule has 1 heterocycles. The number of aryl methyl sites for hydroxylation is 2. The van der Waals surface area contributed by atoms with E-state index in [1.807, 2.05) is 13.8 Å². The molecule has 1 N–H and O–H groups in total. The molecule has 10 heteroatoms. The molecule has 31 heavy (non-hydrogen) atoms. The van der Waals surface area contributed by atoms with Crippen LogP contribution in [0.4, 0.5) is 5.82 Å². The monoisotopic (exact) mass is 481 g/mol. The molecular weight excluding hydrogens is 458 g/mol. The van der Waals surface area contributed by atoms with Gasteiger partial charge in [0.15, 0.2) is 0 Å². The van der Waals surface area contributed by atoms with Gasteiger partial charge in [0.2, 0.25) is 10.0 Å². The van der Waals surface area contributed by atoms with E-state index in [9.17, 15) is 16.8 Å².